The second kappa shape index (κ2) is 6.88. The Morgan fingerprint density at radius 2 is 1.71 bits per heavy atom. The summed E-state index contributed by atoms with van der Waals surface area (Å²) in [5.74, 6) is 1.22. The number of hydrogen-bond acceptors (Lipinski definition) is 8. The van der Waals surface area contributed by atoms with E-state index in [0.29, 0.717) is 28.7 Å². The molecule has 2 bridgehead atoms. The lowest BCUT2D eigenvalue weighted by molar-refractivity contribution is -0.125. The average Bonchev–Trinajstić information content (AvgIpc) is 3.65. The van der Waals surface area contributed by atoms with Crippen molar-refractivity contribution in [2.24, 2.45) is 34.7 Å². The third kappa shape index (κ3) is 2.41. The topological polar surface area (TPSA) is 95.9 Å². The lowest BCUT2D eigenvalue weighted by Gasteiger charge is -2.30. The first kappa shape index (κ1) is 19.7. The molecule has 0 aromatic heterocycles. The molecule has 3 fully saturated rings. The molecule has 2 amide bonds. The maximum Gasteiger partial charge on any atom is 0.238 e. The summed E-state index contributed by atoms with van der Waals surface area (Å²) in [5, 5.41) is 4.42. The van der Waals surface area contributed by atoms with Crippen molar-refractivity contribution in [1.29, 1.82) is 0 Å². The predicted octanol–water partition coefficient (Wildman–Crippen LogP) is 2.61. The minimum atomic E-state index is -0.392. The largest absolute Gasteiger partial charge is 0.497 e. The second-order valence-corrected chi connectivity index (χ2v) is 9.30. The molecule has 34 heavy (non-hydrogen) atoms. The van der Waals surface area contributed by atoms with Crippen LogP contribution in [0.5, 0.6) is 23.0 Å². The number of carbonyl (C=O) groups is 2. The van der Waals surface area contributed by atoms with Crippen LogP contribution in [0.3, 0.4) is 0 Å². The van der Waals surface area contributed by atoms with Gasteiger partial charge in [-0.15, -0.1) is 0 Å². The zero-order valence-electron chi connectivity index (χ0n) is 18.6. The van der Waals surface area contributed by atoms with Gasteiger partial charge in [0.15, 0.2) is 11.5 Å². The van der Waals surface area contributed by atoms with E-state index in [4.69, 9.17) is 23.8 Å². The van der Waals surface area contributed by atoms with E-state index in [1.54, 1.807) is 32.4 Å². The maximum atomic E-state index is 13.6. The zero-order chi connectivity index (χ0) is 23.1. The number of nitrogens with zero attached hydrogens (tertiary/aromatic N) is 2. The summed E-state index contributed by atoms with van der Waals surface area (Å²) in [6.45, 7) is 0.133. The number of oxime groups is 1. The molecule has 7 rings (SSSR count). The summed E-state index contributed by atoms with van der Waals surface area (Å²) >= 11 is 0. The maximum absolute atomic E-state index is 13.6. The first-order valence-electron chi connectivity index (χ1n) is 11.3. The molecule has 2 aliphatic carbocycles. The summed E-state index contributed by atoms with van der Waals surface area (Å²) in [5.41, 5.74) is 2.12. The van der Waals surface area contributed by atoms with Crippen LogP contribution >= 0.6 is 0 Å². The Morgan fingerprint density at radius 3 is 2.50 bits per heavy atom. The Labute approximate surface area is 195 Å². The van der Waals surface area contributed by atoms with Gasteiger partial charge in [0.1, 0.15) is 17.6 Å². The second-order valence-electron chi connectivity index (χ2n) is 9.30. The Bertz CT molecular complexity index is 1270. The van der Waals surface area contributed by atoms with Gasteiger partial charge in [-0.1, -0.05) is 5.16 Å². The summed E-state index contributed by atoms with van der Waals surface area (Å²) < 4.78 is 21.7. The van der Waals surface area contributed by atoms with Crippen molar-refractivity contribution in [3.05, 3.63) is 42.0 Å². The van der Waals surface area contributed by atoms with Crippen LogP contribution in [0.25, 0.3) is 0 Å². The molecule has 3 aliphatic heterocycles. The van der Waals surface area contributed by atoms with Crippen molar-refractivity contribution in [1.82, 2.24) is 0 Å². The van der Waals surface area contributed by atoms with Gasteiger partial charge in [0.05, 0.1) is 37.5 Å². The van der Waals surface area contributed by atoms with Gasteiger partial charge in [-0.2, -0.15) is 0 Å². The van der Waals surface area contributed by atoms with E-state index in [2.05, 4.69) is 5.16 Å². The molecule has 0 unspecified atom stereocenters. The first-order valence-corrected chi connectivity index (χ1v) is 11.3. The molecular formula is C25H22N2O7. The van der Waals surface area contributed by atoms with Crippen molar-refractivity contribution in [2.45, 2.75) is 12.5 Å². The Hall–Kier alpha value is -3.75. The molecule has 9 nitrogen and oxygen atoms in total. The molecule has 174 valence electrons. The fourth-order valence-corrected chi connectivity index (χ4v) is 6.64. The lowest BCUT2D eigenvalue weighted by Crippen LogP contribution is -2.41. The molecule has 6 atom stereocenters. The van der Waals surface area contributed by atoms with E-state index in [1.165, 1.54) is 4.90 Å². The van der Waals surface area contributed by atoms with Crippen LogP contribution in [0.4, 0.5) is 5.69 Å². The van der Waals surface area contributed by atoms with Gasteiger partial charge in [0.25, 0.3) is 0 Å². The summed E-state index contributed by atoms with van der Waals surface area (Å²) in [6, 6.07) is 10.8. The molecule has 9 heteroatoms. The van der Waals surface area contributed by atoms with Gasteiger partial charge in [0, 0.05) is 29.5 Å². The van der Waals surface area contributed by atoms with Crippen molar-refractivity contribution < 1.29 is 33.4 Å². The SMILES string of the molecule is COc1ccc(C2=NO[C@@H]3[C@H]4C[C@H]([C@H]5C(=O)N(c6ccc7c(c6)OCO7)C(=O)[C@@H]45)[C@H]23)c(OC)c1. The van der Waals surface area contributed by atoms with Gasteiger partial charge in [-0.3, -0.25) is 9.59 Å². The number of benzene rings is 2. The normalized spacial score (nSPS) is 31.9. The van der Waals surface area contributed by atoms with E-state index < -0.39 is 5.92 Å². The fraction of sp³-hybridized carbons (Fsp3) is 0.400. The van der Waals surface area contributed by atoms with Crippen molar-refractivity contribution in [3.8, 4) is 23.0 Å². The number of carbonyl (C=O) groups excluding carboxylic acids is 2. The van der Waals surface area contributed by atoms with Gasteiger partial charge in [-0.25, -0.2) is 4.90 Å². The highest BCUT2D eigenvalue weighted by atomic mass is 16.7. The summed E-state index contributed by atoms with van der Waals surface area (Å²) in [6.07, 6.45) is 0.552. The molecule has 1 saturated heterocycles. The number of hydrogen-bond donors (Lipinski definition) is 0. The number of rotatable bonds is 4. The number of ether oxygens (including phenoxy) is 4. The van der Waals surface area contributed by atoms with Crippen molar-refractivity contribution in [2.75, 3.05) is 25.9 Å². The molecule has 3 heterocycles. The van der Waals surface area contributed by atoms with Gasteiger partial charge >= 0.3 is 0 Å². The molecule has 0 spiro atoms. The molecule has 5 aliphatic rings. The number of amides is 2. The smallest absolute Gasteiger partial charge is 0.238 e. The predicted molar refractivity (Wildman–Crippen MR) is 118 cm³/mol. The highest BCUT2D eigenvalue weighted by molar-refractivity contribution is 6.23. The quantitative estimate of drug-likeness (QED) is 0.645. The third-order valence-electron chi connectivity index (χ3n) is 7.99. The van der Waals surface area contributed by atoms with Crippen LogP contribution in [0, 0.1) is 29.6 Å². The van der Waals surface area contributed by atoms with E-state index >= 15 is 0 Å². The van der Waals surface area contributed by atoms with E-state index in [9.17, 15) is 9.59 Å². The third-order valence-corrected chi connectivity index (χ3v) is 7.99. The Morgan fingerprint density at radius 1 is 0.912 bits per heavy atom. The molecule has 2 aromatic carbocycles. The first-order chi connectivity index (χ1) is 16.6. The molecule has 2 saturated carbocycles. The standard InChI is InChI=1S/C25H22N2O7/c1-30-12-4-5-13(17(8-12)31-2)22-21-14-9-15(23(21)34-26-22)20-19(14)24(28)27(25(20)29)11-3-6-16-18(7-11)33-10-32-16/h3-8,14-15,19-21,23H,9-10H2,1-2H3/t14-,15+,19-,20+,21-,23-/m1/s1. The number of methoxy groups -OCH3 is 2. The van der Waals surface area contributed by atoms with Crippen molar-refractivity contribution >= 4 is 23.2 Å². The van der Waals surface area contributed by atoms with Crippen LogP contribution in [0.15, 0.2) is 41.6 Å². The Balaban J connectivity index is 1.23. The van der Waals surface area contributed by atoms with Crippen LogP contribution < -0.4 is 23.8 Å². The minimum Gasteiger partial charge on any atom is -0.497 e. The molecular weight excluding hydrogens is 440 g/mol. The number of anilines is 1. The highest BCUT2D eigenvalue weighted by Gasteiger charge is 2.70. The van der Waals surface area contributed by atoms with Gasteiger partial charge < -0.3 is 23.8 Å². The molecule has 2 aromatic rings. The minimum absolute atomic E-state index is 0.0245. The van der Waals surface area contributed by atoms with E-state index in [-0.39, 0.29) is 48.4 Å². The van der Waals surface area contributed by atoms with E-state index in [0.717, 1.165) is 17.7 Å². The van der Waals surface area contributed by atoms with Crippen LogP contribution in [0.1, 0.15) is 12.0 Å². The summed E-state index contributed by atoms with van der Waals surface area (Å²) in [7, 11) is 3.21. The highest BCUT2D eigenvalue weighted by Crippen LogP contribution is 2.62. The van der Waals surface area contributed by atoms with Crippen molar-refractivity contribution in [3.63, 3.8) is 0 Å². The summed E-state index contributed by atoms with van der Waals surface area (Å²) in [4.78, 5) is 34.4. The van der Waals surface area contributed by atoms with Crippen LogP contribution in [-0.2, 0) is 14.4 Å². The molecule has 0 radical (unpaired) electrons. The lowest BCUT2D eigenvalue weighted by atomic mass is 9.71. The van der Waals surface area contributed by atoms with Gasteiger partial charge in [0.2, 0.25) is 18.6 Å². The zero-order valence-corrected chi connectivity index (χ0v) is 18.6. The number of imide groups is 1. The van der Waals surface area contributed by atoms with Gasteiger partial charge in [-0.05, 0) is 36.6 Å². The average molecular weight is 462 g/mol. The van der Waals surface area contributed by atoms with Crippen LogP contribution in [0.2, 0.25) is 0 Å². The van der Waals surface area contributed by atoms with Crippen LogP contribution in [-0.4, -0.2) is 44.6 Å². The fourth-order valence-electron chi connectivity index (χ4n) is 6.64. The molecule has 0 N–H and O–H groups in total. The van der Waals surface area contributed by atoms with E-state index in [1.807, 2.05) is 18.2 Å². The monoisotopic (exact) mass is 462 g/mol. The number of fused-ring (bicyclic) bond motifs is 9. The Kier molecular flexibility index (Phi) is 3.99.